The van der Waals surface area contributed by atoms with Gasteiger partial charge in [0.1, 0.15) is 6.04 Å². The minimum Gasteiger partial charge on any atom is -0.480 e. The lowest BCUT2D eigenvalue weighted by Gasteiger charge is -2.22. The predicted octanol–water partition coefficient (Wildman–Crippen LogP) is 1.37. The number of carbonyl (C=O) groups excluding carboxylic acids is 1. The first-order valence-electron chi connectivity index (χ1n) is 7.41. The molecule has 1 aliphatic heterocycles. The van der Waals surface area contributed by atoms with Gasteiger partial charge < -0.3 is 20.2 Å². The molecule has 2 N–H and O–H groups in total. The first-order chi connectivity index (χ1) is 9.43. The third-order valence-electron chi connectivity index (χ3n) is 3.89. The molecule has 0 bridgehead atoms. The Hall–Kier alpha value is -1.30. The molecule has 0 radical (unpaired) electrons. The number of nitrogens with one attached hydrogen (secondary N) is 1. The third-order valence-corrected chi connectivity index (χ3v) is 3.89. The Morgan fingerprint density at radius 1 is 1.40 bits per heavy atom. The first-order valence-corrected chi connectivity index (χ1v) is 7.41. The lowest BCUT2D eigenvalue weighted by molar-refractivity contribution is -0.141. The first kappa shape index (κ1) is 16.8. The number of likely N-dealkylation sites (tertiary alicyclic amines) is 1. The maximum atomic E-state index is 11.9. The van der Waals surface area contributed by atoms with Gasteiger partial charge in [0.15, 0.2) is 0 Å². The number of carboxylic acid groups (broad SMARTS) is 1. The molecule has 1 saturated heterocycles. The van der Waals surface area contributed by atoms with Crippen molar-refractivity contribution in [2.75, 3.05) is 26.7 Å². The van der Waals surface area contributed by atoms with Crippen LogP contribution in [0, 0.1) is 0 Å². The van der Waals surface area contributed by atoms with Crippen LogP contribution in [0.4, 0.5) is 4.79 Å². The van der Waals surface area contributed by atoms with Gasteiger partial charge in [-0.25, -0.2) is 9.59 Å². The number of carboxylic acids is 1. The topological polar surface area (TPSA) is 72.9 Å². The molecule has 0 saturated carbocycles. The van der Waals surface area contributed by atoms with Crippen LogP contribution in [-0.4, -0.2) is 65.7 Å². The Kier molecular flexibility index (Phi) is 6.78. The Morgan fingerprint density at radius 2 is 2.10 bits per heavy atom. The zero-order valence-corrected chi connectivity index (χ0v) is 12.8. The highest BCUT2D eigenvalue weighted by atomic mass is 16.4. The minimum absolute atomic E-state index is 0.243. The van der Waals surface area contributed by atoms with Crippen LogP contribution in [0.15, 0.2) is 0 Å². The fourth-order valence-electron chi connectivity index (χ4n) is 2.31. The third kappa shape index (κ3) is 5.00. The Bertz CT molecular complexity index is 334. The number of urea groups is 1. The number of carbonyl (C=O) groups is 2. The summed E-state index contributed by atoms with van der Waals surface area (Å²) in [7, 11) is 2.09. The van der Waals surface area contributed by atoms with Gasteiger partial charge in [0.25, 0.3) is 0 Å². The van der Waals surface area contributed by atoms with Crippen molar-refractivity contribution in [2.45, 2.75) is 51.6 Å². The fourth-order valence-corrected chi connectivity index (χ4v) is 2.31. The van der Waals surface area contributed by atoms with Crippen LogP contribution in [0.3, 0.4) is 0 Å². The number of amides is 2. The Balaban J connectivity index is 2.19. The van der Waals surface area contributed by atoms with Crippen molar-refractivity contribution in [1.29, 1.82) is 0 Å². The van der Waals surface area contributed by atoms with E-state index in [1.807, 2.05) is 0 Å². The highest BCUT2D eigenvalue weighted by Gasteiger charge is 2.33. The number of rotatable bonds is 7. The van der Waals surface area contributed by atoms with Crippen molar-refractivity contribution < 1.29 is 14.7 Å². The van der Waals surface area contributed by atoms with Crippen LogP contribution in [0.1, 0.15) is 39.5 Å². The molecule has 20 heavy (non-hydrogen) atoms. The van der Waals surface area contributed by atoms with E-state index >= 15 is 0 Å². The lowest BCUT2D eigenvalue weighted by Crippen LogP contribution is -2.46. The van der Waals surface area contributed by atoms with Gasteiger partial charge in [0.05, 0.1) is 0 Å². The summed E-state index contributed by atoms with van der Waals surface area (Å²) in [6.45, 7) is 6.46. The molecule has 0 aromatic rings. The molecule has 2 amide bonds. The average Bonchev–Trinajstić information content (AvgIpc) is 2.87. The van der Waals surface area contributed by atoms with Crippen molar-refractivity contribution in [3.63, 3.8) is 0 Å². The van der Waals surface area contributed by atoms with Crippen LogP contribution in [-0.2, 0) is 4.79 Å². The second kappa shape index (κ2) is 8.09. The van der Waals surface area contributed by atoms with Crippen LogP contribution >= 0.6 is 0 Å². The molecule has 6 heteroatoms. The van der Waals surface area contributed by atoms with Gasteiger partial charge in [-0.2, -0.15) is 0 Å². The number of unbranched alkanes of at least 4 members (excludes halogenated alkanes) is 1. The molecule has 1 fully saturated rings. The standard InChI is InChI=1S/C14H27N3O3/c1-11(2)16(3)9-5-4-8-15-14(20)17-10-6-7-12(17)13(18)19/h11-12H,4-10H2,1-3H3,(H,15,20)(H,18,19). The largest absolute Gasteiger partial charge is 0.480 e. The van der Waals surface area contributed by atoms with E-state index < -0.39 is 12.0 Å². The van der Waals surface area contributed by atoms with Crippen LogP contribution in [0.2, 0.25) is 0 Å². The molecule has 0 spiro atoms. The molecule has 0 aromatic carbocycles. The molecule has 0 aromatic heterocycles. The maximum absolute atomic E-state index is 11.9. The van der Waals surface area contributed by atoms with E-state index in [-0.39, 0.29) is 6.03 Å². The van der Waals surface area contributed by atoms with Crippen LogP contribution in [0.25, 0.3) is 0 Å². The number of aliphatic carboxylic acids is 1. The summed E-state index contributed by atoms with van der Waals surface area (Å²) in [5.74, 6) is -0.906. The highest BCUT2D eigenvalue weighted by molar-refractivity contribution is 5.83. The average molecular weight is 285 g/mol. The van der Waals surface area contributed by atoms with E-state index in [4.69, 9.17) is 5.11 Å². The van der Waals surface area contributed by atoms with Crippen molar-refractivity contribution in [3.05, 3.63) is 0 Å². The Morgan fingerprint density at radius 3 is 2.70 bits per heavy atom. The zero-order valence-electron chi connectivity index (χ0n) is 12.8. The van der Waals surface area contributed by atoms with E-state index in [1.54, 1.807) is 0 Å². The van der Waals surface area contributed by atoms with E-state index in [9.17, 15) is 9.59 Å². The van der Waals surface area contributed by atoms with Gasteiger partial charge in [0, 0.05) is 19.1 Å². The predicted molar refractivity (Wildman–Crippen MR) is 77.8 cm³/mol. The smallest absolute Gasteiger partial charge is 0.326 e. The Labute approximate surface area is 121 Å². The van der Waals surface area contributed by atoms with Crippen LogP contribution in [0.5, 0.6) is 0 Å². The SMILES string of the molecule is CC(C)N(C)CCCCNC(=O)N1CCCC1C(=O)O. The molecular weight excluding hydrogens is 258 g/mol. The molecule has 1 unspecified atom stereocenters. The van der Waals surface area contributed by atoms with Crippen LogP contribution < -0.4 is 5.32 Å². The molecule has 1 heterocycles. The molecule has 1 atom stereocenters. The summed E-state index contributed by atoms with van der Waals surface area (Å²) in [4.78, 5) is 26.6. The highest BCUT2D eigenvalue weighted by Crippen LogP contribution is 2.17. The molecule has 116 valence electrons. The van der Waals surface area contributed by atoms with Crippen molar-refractivity contribution >= 4 is 12.0 Å². The van der Waals surface area contributed by atoms with Gasteiger partial charge in [-0.3, -0.25) is 0 Å². The molecule has 0 aliphatic carbocycles. The fraction of sp³-hybridized carbons (Fsp3) is 0.857. The molecule has 6 nitrogen and oxygen atoms in total. The molecule has 1 aliphatic rings. The van der Waals surface area contributed by atoms with E-state index in [0.717, 1.165) is 25.8 Å². The molecule has 1 rings (SSSR count). The molecular formula is C14H27N3O3. The zero-order chi connectivity index (χ0) is 15.1. The summed E-state index contributed by atoms with van der Waals surface area (Å²) in [6, 6.07) is -0.361. The number of hydrogen-bond donors (Lipinski definition) is 2. The maximum Gasteiger partial charge on any atom is 0.326 e. The normalized spacial score (nSPS) is 18.9. The monoisotopic (exact) mass is 285 g/mol. The summed E-state index contributed by atoms with van der Waals surface area (Å²) in [5, 5.41) is 11.8. The lowest BCUT2D eigenvalue weighted by atomic mass is 10.2. The van der Waals surface area contributed by atoms with E-state index in [2.05, 4.69) is 31.1 Å². The number of hydrogen-bond acceptors (Lipinski definition) is 3. The van der Waals surface area contributed by atoms with Gasteiger partial charge in [-0.05, 0) is 53.1 Å². The summed E-state index contributed by atoms with van der Waals surface area (Å²) in [6.07, 6.45) is 3.26. The quantitative estimate of drug-likeness (QED) is 0.693. The summed E-state index contributed by atoms with van der Waals surface area (Å²) < 4.78 is 0. The van der Waals surface area contributed by atoms with E-state index in [1.165, 1.54) is 4.90 Å². The van der Waals surface area contributed by atoms with Crippen molar-refractivity contribution in [1.82, 2.24) is 15.1 Å². The minimum atomic E-state index is -0.906. The van der Waals surface area contributed by atoms with Gasteiger partial charge in [-0.1, -0.05) is 0 Å². The van der Waals surface area contributed by atoms with Gasteiger partial charge in [0.2, 0.25) is 0 Å². The summed E-state index contributed by atoms with van der Waals surface area (Å²) in [5.41, 5.74) is 0. The number of nitrogens with zero attached hydrogens (tertiary/aromatic N) is 2. The van der Waals surface area contributed by atoms with Crippen molar-refractivity contribution in [2.24, 2.45) is 0 Å². The summed E-state index contributed by atoms with van der Waals surface area (Å²) >= 11 is 0. The van der Waals surface area contributed by atoms with Gasteiger partial charge in [-0.15, -0.1) is 0 Å². The van der Waals surface area contributed by atoms with E-state index in [0.29, 0.717) is 25.6 Å². The second-order valence-corrected chi connectivity index (χ2v) is 5.70. The second-order valence-electron chi connectivity index (χ2n) is 5.70. The van der Waals surface area contributed by atoms with Gasteiger partial charge >= 0.3 is 12.0 Å². The van der Waals surface area contributed by atoms with Crippen molar-refractivity contribution in [3.8, 4) is 0 Å².